The number of likely N-dealkylation sites (N-methyl/N-ethyl adjacent to an activating group) is 1. The molecule has 10 nitrogen and oxygen atoms in total. The van der Waals surface area contributed by atoms with E-state index in [1.165, 1.54) is 10.9 Å². The Bertz CT molecular complexity index is 1680. The first-order valence-electron chi connectivity index (χ1n) is 13.1. The van der Waals surface area contributed by atoms with Gasteiger partial charge < -0.3 is 14.7 Å². The first-order chi connectivity index (χ1) is 19.4. The second-order valence-corrected chi connectivity index (χ2v) is 10.1. The third-order valence-corrected chi connectivity index (χ3v) is 7.63. The number of anilines is 2. The summed E-state index contributed by atoms with van der Waals surface area (Å²) in [6.45, 7) is 5.94. The van der Waals surface area contributed by atoms with Gasteiger partial charge in [-0.25, -0.2) is 23.6 Å². The van der Waals surface area contributed by atoms with Crippen LogP contribution in [0.1, 0.15) is 24.1 Å². The SMILES string of the molecule is CC(c1ccc(-n2cc(F)cn2)nc1)N(C)c1ccc(-c2cc(N3CCN(C)CC3)cn3ncc(C#N)c23)cn1. The highest BCUT2D eigenvalue weighted by Gasteiger charge is 2.20. The average Bonchev–Trinajstić information content (AvgIpc) is 3.62. The van der Waals surface area contributed by atoms with Crippen LogP contribution in [0.3, 0.4) is 0 Å². The van der Waals surface area contributed by atoms with Crippen molar-refractivity contribution in [3.8, 4) is 23.0 Å². The molecule has 1 aliphatic heterocycles. The average molecular weight is 537 g/mol. The molecular formula is C29H29FN10. The number of hydrogen-bond acceptors (Lipinski definition) is 8. The summed E-state index contributed by atoms with van der Waals surface area (Å²) in [7, 11) is 4.12. The maximum Gasteiger partial charge on any atom is 0.161 e. The van der Waals surface area contributed by atoms with Crippen LogP contribution in [-0.4, -0.2) is 74.5 Å². The number of fused-ring (bicyclic) bond motifs is 1. The van der Waals surface area contributed by atoms with E-state index in [0.29, 0.717) is 11.4 Å². The zero-order valence-corrected chi connectivity index (χ0v) is 22.6. The molecule has 0 aromatic carbocycles. The molecule has 0 bridgehead atoms. The van der Waals surface area contributed by atoms with Crippen molar-refractivity contribution in [2.75, 3.05) is 50.1 Å². The molecule has 11 heteroatoms. The monoisotopic (exact) mass is 536 g/mol. The van der Waals surface area contributed by atoms with E-state index >= 15 is 0 Å². The Balaban J connectivity index is 1.27. The van der Waals surface area contributed by atoms with Gasteiger partial charge in [-0.1, -0.05) is 6.07 Å². The quantitative estimate of drug-likeness (QED) is 0.322. The highest BCUT2D eigenvalue weighted by atomic mass is 19.1. The fourth-order valence-corrected chi connectivity index (χ4v) is 5.03. The zero-order valence-electron chi connectivity index (χ0n) is 22.6. The molecule has 40 heavy (non-hydrogen) atoms. The standard InChI is InChI=1S/C29H29FN10/c1-20(21-4-7-28(33-14-21)39-18-24(30)17-35-39)37(3)27-6-5-22(15-32-27)26-12-25(38-10-8-36(2)9-11-38)19-40-29(26)23(13-31)16-34-40/h4-7,12,14-20H,8-11H2,1-3H3. The van der Waals surface area contributed by atoms with E-state index in [-0.39, 0.29) is 6.04 Å². The van der Waals surface area contributed by atoms with Gasteiger partial charge in [0.1, 0.15) is 11.9 Å². The van der Waals surface area contributed by atoms with Crippen LogP contribution in [0.4, 0.5) is 15.9 Å². The Labute approximate surface area is 231 Å². The summed E-state index contributed by atoms with van der Waals surface area (Å²) in [6, 6.07) is 12.2. The summed E-state index contributed by atoms with van der Waals surface area (Å²) in [4.78, 5) is 16.0. The predicted molar refractivity (Wildman–Crippen MR) is 151 cm³/mol. The van der Waals surface area contributed by atoms with Gasteiger partial charge in [0.15, 0.2) is 11.6 Å². The van der Waals surface area contributed by atoms with Crippen molar-refractivity contribution in [3.63, 3.8) is 0 Å². The molecule has 5 aromatic heterocycles. The van der Waals surface area contributed by atoms with Crippen molar-refractivity contribution in [1.82, 2.24) is 34.3 Å². The Hall–Kier alpha value is -4.82. The fourth-order valence-electron chi connectivity index (χ4n) is 5.03. The van der Waals surface area contributed by atoms with E-state index < -0.39 is 5.82 Å². The molecule has 0 amide bonds. The van der Waals surface area contributed by atoms with Gasteiger partial charge in [-0.05, 0) is 43.8 Å². The van der Waals surface area contributed by atoms with E-state index in [0.717, 1.165) is 66.1 Å². The number of aromatic nitrogens is 6. The summed E-state index contributed by atoms with van der Waals surface area (Å²) in [5.41, 5.74) is 5.22. The molecule has 6 heterocycles. The van der Waals surface area contributed by atoms with Gasteiger partial charge >= 0.3 is 0 Å². The summed E-state index contributed by atoms with van der Waals surface area (Å²) in [5.74, 6) is 0.943. The number of pyridine rings is 3. The lowest BCUT2D eigenvalue weighted by molar-refractivity contribution is 0.312. The minimum Gasteiger partial charge on any atom is -0.368 e. The van der Waals surface area contributed by atoms with Crippen LogP contribution < -0.4 is 9.80 Å². The summed E-state index contributed by atoms with van der Waals surface area (Å²) in [6.07, 6.45) is 9.69. The van der Waals surface area contributed by atoms with Crippen LogP contribution in [0, 0.1) is 17.1 Å². The molecule has 0 radical (unpaired) electrons. The molecule has 202 valence electrons. The molecule has 1 fully saturated rings. The largest absolute Gasteiger partial charge is 0.368 e. The molecule has 0 saturated carbocycles. The van der Waals surface area contributed by atoms with Gasteiger partial charge in [0.2, 0.25) is 0 Å². The van der Waals surface area contributed by atoms with Crippen molar-refractivity contribution in [2.24, 2.45) is 0 Å². The van der Waals surface area contributed by atoms with E-state index in [1.54, 1.807) is 16.9 Å². The lowest BCUT2D eigenvalue weighted by Crippen LogP contribution is -2.44. The maximum atomic E-state index is 13.3. The molecule has 1 atom stereocenters. The lowest BCUT2D eigenvalue weighted by Gasteiger charge is -2.34. The van der Waals surface area contributed by atoms with Gasteiger partial charge in [0, 0.05) is 56.7 Å². The van der Waals surface area contributed by atoms with Crippen LogP contribution in [0.5, 0.6) is 0 Å². The number of nitriles is 1. The molecule has 1 aliphatic rings. The minimum absolute atomic E-state index is 0.0125. The lowest BCUT2D eigenvalue weighted by atomic mass is 10.0. The Kier molecular flexibility index (Phi) is 6.61. The van der Waals surface area contributed by atoms with E-state index in [9.17, 15) is 9.65 Å². The summed E-state index contributed by atoms with van der Waals surface area (Å²) in [5, 5.41) is 18.2. The van der Waals surface area contributed by atoms with Crippen LogP contribution >= 0.6 is 0 Å². The molecule has 0 aliphatic carbocycles. The molecule has 6 rings (SSSR count). The number of hydrogen-bond donors (Lipinski definition) is 0. The molecule has 0 N–H and O–H groups in total. The highest BCUT2D eigenvalue weighted by Crippen LogP contribution is 2.33. The second kappa shape index (κ2) is 10.4. The second-order valence-electron chi connectivity index (χ2n) is 10.1. The summed E-state index contributed by atoms with van der Waals surface area (Å²) < 4.78 is 16.5. The van der Waals surface area contributed by atoms with Crippen LogP contribution in [0.15, 0.2) is 67.5 Å². The first kappa shape index (κ1) is 25.5. The molecule has 1 saturated heterocycles. The fraction of sp³-hybridized carbons (Fsp3) is 0.276. The van der Waals surface area contributed by atoms with Crippen molar-refractivity contribution in [2.45, 2.75) is 13.0 Å². The van der Waals surface area contributed by atoms with Gasteiger partial charge in [0.25, 0.3) is 0 Å². The number of nitrogens with zero attached hydrogens (tertiary/aromatic N) is 10. The van der Waals surface area contributed by atoms with Gasteiger partial charge in [-0.3, -0.25) is 0 Å². The molecule has 0 spiro atoms. The highest BCUT2D eigenvalue weighted by molar-refractivity contribution is 5.86. The number of rotatable bonds is 6. The number of halogens is 1. The minimum atomic E-state index is -0.405. The third kappa shape index (κ3) is 4.74. The van der Waals surface area contributed by atoms with Gasteiger partial charge in [0.05, 0.1) is 47.6 Å². The zero-order chi connectivity index (χ0) is 27.8. The van der Waals surface area contributed by atoms with E-state index in [2.05, 4.69) is 56.0 Å². The number of piperazine rings is 1. The van der Waals surface area contributed by atoms with Crippen molar-refractivity contribution >= 4 is 17.0 Å². The third-order valence-electron chi connectivity index (χ3n) is 7.63. The Morgan fingerprint density at radius 2 is 1.80 bits per heavy atom. The van der Waals surface area contributed by atoms with E-state index in [4.69, 9.17) is 4.98 Å². The Morgan fingerprint density at radius 1 is 0.975 bits per heavy atom. The van der Waals surface area contributed by atoms with Crippen LogP contribution in [-0.2, 0) is 0 Å². The smallest absolute Gasteiger partial charge is 0.161 e. The van der Waals surface area contributed by atoms with Crippen molar-refractivity contribution in [1.29, 1.82) is 5.26 Å². The van der Waals surface area contributed by atoms with E-state index in [1.807, 2.05) is 43.7 Å². The first-order valence-corrected chi connectivity index (χ1v) is 13.1. The van der Waals surface area contributed by atoms with Gasteiger partial charge in [-0.2, -0.15) is 15.5 Å². The summed E-state index contributed by atoms with van der Waals surface area (Å²) >= 11 is 0. The van der Waals surface area contributed by atoms with Crippen molar-refractivity contribution in [3.05, 3.63) is 84.5 Å². The normalized spacial score (nSPS) is 14.8. The molecular weight excluding hydrogens is 507 g/mol. The van der Waals surface area contributed by atoms with Crippen LogP contribution in [0.25, 0.3) is 22.5 Å². The molecule has 5 aromatic rings. The predicted octanol–water partition coefficient (Wildman–Crippen LogP) is 3.94. The van der Waals surface area contributed by atoms with Crippen molar-refractivity contribution < 1.29 is 4.39 Å². The van der Waals surface area contributed by atoms with Crippen LogP contribution in [0.2, 0.25) is 0 Å². The maximum absolute atomic E-state index is 13.3. The van der Waals surface area contributed by atoms with Gasteiger partial charge in [-0.15, -0.1) is 0 Å². The topological polar surface area (TPSA) is 94.4 Å². The molecule has 1 unspecified atom stereocenters. The Morgan fingerprint density at radius 3 is 2.45 bits per heavy atom.